The summed E-state index contributed by atoms with van der Waals surface area (Å²) in [6.45, 7) is 12.4. The molecule has 1 aromatic carbocycles. The molecule has 0 spiro atoms. The lowest BCUT2D eigenvalue weighted by atomic mass is 9.71. The van der Waals surface area contributed by atoms with Gasteiger partial charge in [0.2, 0.25) is 0 Å². The fraction of sp³-hybridized carbons (Fsp3) is 0.567. The Morgan fingerprint density at radius 1 is 1.17 bits per heavy atom. The molecule has 2 rings (SSSR count). The molecular weight excluding hydrogens is 436 g/mol. The fourth-order valence-electron chi connectivity index (χ4n) is 4.24. The first-order valence-corrected chi connectivity index (χ1v) is 12.4. The molecular formula is C30H48N2O3. The predicted molar refractivity (Wildman–Crippen MR) is 148 cm³/mol. The van der Waals surface area contributed by atoms with E-state index in [4.69, 9.17) is 16.3 Å². The van der Waals surface area contributed by atoms with Crippen LogP contribution in [0.1, 0.15) is 59.1 Å². The summed E-state index contributed by atoms with van der Waals surface area (Å²) in [5, 5.41) is 17.0. The average Bonchev–Trinajstić information content (AvgIpc) is 2.85. The standard InChI is InChI=1S/C27H40N2O.C2H4O.CH4O/c1-8-22(4)26(30)16-12-13-17-27(5,21(2)3)18-24-19-29(7)25(20-28(24)6)23-14-10-9-11-15-23;1-2-3;1-2/h1,9-16,21-22,24-25,30H,17-20H2,2-7H3;2H,1H3;2H,1H3/b13-12-,26-16+;;/t22?,24?,25-,27-;;/m1../s1. The number of aliphatic hydroxyl groups is 2. The molecule has 4 atom stereocenters. The lowest BCUT2D eigenvalue weighted by Gasteiger charge is -2.47. The van der Waals surface area contributed by atoms with Gasteiger partial charge in [-0.25, -0.2) is 0 Å². The van der Waals surface area contributed by atoms with Crippen LogP contribution in [0.5, 0.6) is 0 Å². The summed E-state index contributed by atoms with van der Waals surface area (Å²) in [6.07, 6.45) is 14.1. The summed E-state index contributed by atoms with van der Waals surface area (Å²) in [6, 6.07) is 11.8. The molecule has 1 fully saturated rings. The molecule has 1 saturated heterocycles. The summed E-state index contributed by atoms with van der Waals surface area (Å²) < 4.78 is 0. The quantitative estimate of drug-likeness (QED) is 0.221. The third-order valence-corrected chi connectivity index (χ3v) is 7.08. The fourth-order valence-corrected chi connectivity index (χ4v) is 4.24. The van der Waals surface area contributed by atoms with Gasteiger partial charge in [-0.15, -0.1) is 6.42 Å². The van der Waals surface area contributed by atoms with Gasteiger partial charge in [-0.2, -0.15) is 0 Å². The van der Waals surface area contributed by atoms with Crippen molar-refractivity contribution in [1.82, 2.24) is 9.80 Å². The normalized spacial score (nSPS) is 21.7. The van der Waals surface area contributed by atoms with Crippen LogP contribution in [0.25, 0.3) is 0 Å². The van der Waals surface area contributed by atoms with Crippen LogP contribution in [0, 0.1) is 29.6 Å². The molecule has 1 aromatic rings. The number of nitrogens with zero attached hydrogens (tertiary/aromatic N) is 2. The smallest absolute Gasteiger partial charge is 0.116 e. The van der Waals surface area contributed by atoms with Crippen molar-refractivity contribution in [3.05, 3.63) is 59.9 Å². The average molecular weight is 485 g/mol. The highest BCUT2D eigenvalue weighted by Gasteiger charge is 2.36. The highest BCUT2D eigenvalue weighted by Crippen LogP contribution is 2.39. The number of terminal acetylenes is 1. The zero-order valence-electron chi connectivity index (χ0n) is 23.1. The van der Waals surface area contributed by atoms with Crippen LogP contribution in [0.3, 0.4) is 0 Å². The molecule has 0 aliphatic carbocycles. The lowest BCUT2D eigenvalue weighted by molar-refractivity contribution is -0.106. The Morgan fingerprint density at radius 3 is 2.26 bits per heavy atom. The second-order valence-electron chi connectivity index (χ2n) is 9.82. The monoisotopic (exact) mass is 484 g/mol. The molecule has 5 heteroatoms. The minimum absolute atomic E-state index is 0.192. The van der Waals surface area contributed by atoms with Crippen molar-refractivity contribution in [2.45, 2.75) is 59.5 Å². The van der Waals surface area contributed by atoms with Gasteiger partial charge in [0.1, 0.15) is 12.0 Å². The Bertz CT molecular complexity index is 813. The van der Waals surface area contributed by atoms with Crippen LogP contribution in [0.2, 0.25) is 0 Å². The summed E-state index contributed by atoms with van der Waals surface area (Å²) in [5.41, 5.74) is 1.59. The van der Waals surface area contributed by atoms with E-state index in [1.165, 1.54) is 12.5 Å². The van der Waals surface area contributed by atoms with E-state index >= 15 is 0 Å². The van der Waals surface area contributed by atoms with Crippen molar-refractivity contribution in [2.75, 3.05) is 34.3 Å². The first-order chi connectivity index (χ1) is 16.6. The van der Waals surface area contributed by atoms with Gasteiger partial charge in [0.15, 0.2) is 0 Å². The van der Waals surface area contributed by atoms with Crippen molar-refractivity contribution in [3.8, 4) is 12.3 Å². The number of allylic oxidation sites excluding steroid dienone is 4. The molecule has 0 radical (unpaired) electrons. The highest BCUT2D eigenvalue weighted by molar-refractivity contribution is 5.44. The topological polar surface area (TPSA) is 64.0 Å². The number of likely N-dealkylation sites (N-methyl/N-ethyl adjacent to an activating group) is 2. The Morgan fingerprint density at radius 2 is 1.74 bits per heavy atom. The number of aliphatic hydroxyl groups excluding tert-OH is 2. The third kappa shape index (κ3) is 10.8. The number of aldehydes is 1. The zero-order valence-corrected chi connectivity index (χ0v) is 23.1. The summed E-state index contributed by atoms with van der Waals surface area (Å²) in [7, 11) is 5.52. The molecule has 2 unspecified atom stereocenters. The maximum Gasteiger partial charge on any atom is 0.116 e. The number of piperazine rings is 1. The van der Waals surface area contributed by atoms with E-state index in [0.717, 1.165) is 39.3 Å². The summed E-state index contributed by atoms with van der Waals surface area (Å²) in [5.74, 6) is 3.13. The maximum atomic E-state index is 9.96. The first kappa shape index (κ1) is 32.6. The number of carbonyl (C=O) groups excluding carboxylic acids is 1. The Balaban J connectivity index is 0.00000214. The summed E-state index contributed by atoms with van der Waals surface area (Å²) in [4.78, 5) is 13.9. The van der Waals surface area contributed by atoms with Gasteiger partial charge in [0.05, 0.1) is 5.92 Å². The van der Waals surface area contributed by atoms with Gasteiger partial charge in [-0.3, -0.25) is 4.90 Å². The van der Waals surface area contributed by atoms with Crippen molar-refractivity contribution in [3.63, 3.8) is 0 Å². The SMILES string of the molecule is C#CC(C)/C(O)=C\C=C/C[C@](C)(CC1CN(C)[C@@H](c2ccccc2)CN1C)C(C)C.CC=O.CO. The van der Waals surface area contributed by atoms with E-state index in [0.29, 0.717) is 18.0 Å². The molecule has 1 aliphatic rings. The zero-order chi connectivity index (χ0) is 27.0. The number of carbonyl (C=O) groups is 1. The number of benzene rings is 1. The van der Waals surface area contributed by atoms with Crippen LogP contribution in [-0.2, 0) is 4.79 Å². The minimum atomic E-state index is -0.241. The van der Waals surface area contributed by atoms with Crippen molar-refractivity contribution >= 4 is 6.29 Å². The van der Waals surface area contributed by atoms with Crippen LogP contribution in [-0.4, -0.2) is 66.6 Å². The van der Waals surface area contributed by atoms with Gasteiger partial charge in [0.25, 0.3) is 0 Å². The Labute approximate surface area is 214 Å². The van der Waals surface area contributed by atoms with E-state index < -0.39 is 0 Å². The van der Waals surface area contributed by atoms with Gasteiger partial charge in [0, 0.05) is 32.3 Å². The maximum absolute atomic E-state index is 9.96. The van der Waals surface area contributed by atoms with Gasteiger partial charge in [-0.05, 0) is 63.8 Å². The van der Waals surface area contributed by atoms with Gasteiger partial charge < -0.3 is 19.9 Å². The molecule has 196 valence electrons. The molecule has 0 saturated carbocycles. The number of rotatable bonds is 8. The second kappa shape index (κ2) is 17.1. The molecule has 0 bridgehead atoms. The van der Waals surface area contributed by atoms with Gasteiger partial charge in [-0.1, -0.05) is 69.2 Å². The van der Waals surface area contributed by atoms with Crippen LogP contribution in [0.15, 0.2) is 54.3 Å². The third-order valence-electron chi connectivity index (χ3n) is 7.08. The first-order valence-electron chi connectivity index (χ1n) is 12.4. The van der Waals surface area contributed by atoms with E-state index in [9.17, 15) is 5.11 Å². The Hall–Kier alpha value is -2.39. The summed E-state index contributed by atoms with van der Waals surface area (Å²) >= 11 is 0. The van der Waals surface area contributed by atoms with E-state index in [2.05, 4.69) is 87.0 Å². The highest BCUT2D eigenvalue weighted by atomic mass is 16.3. The van der Waals surface area contributed by atoms with Gasteiger partial charge >= 0.3 is 0 Å². The molecule has 1 heterocycles. The van der Waals surface area contributed by atoms with E-state index in [1.54, 1.807) is 6.08 Å². The van der Waals surface area contributed by atoms with E-state index in [1.807, 2.05) is 13.0 Å². The molecule has 2 N–H and O–H groups in total. The molecule has 1 aliphatic heterocycles. The second-order valence-corrected chi connectivity index (χ2v) is 9.82. The van der Waals surface area contributed by atoms with Crippen LogP contribution < -0.4 is 0 Å². The lowest BCUT2D eigenvalue weighted by Crippen LogP contribution is -2.53. The van der Waals surface area contributed by atoms with Crippen molar-refractivity contribution in [2.24, 2.45) is 17.3 Å². The molecule has 35 heavy (non-hydrogen) atoms. The van der Waals surface area contributed by atoms with Crippen LogP contribution in [0.4, 0.5) is 0 Å². The predicted octanol–water partition coefficient (Wildman–Crippen LogP) is 5.50. The van der Waals surface area contributed by atoms with Crippen molar-refractivity contribution < 1.29 is 15.0 Å². The largest absolute Gasteiger partial charge is 0.511 e. The minimum Gasteiger partial charge on any atom is -0.511 e. The van der Waals surface area contributed by atoms with Crippen molar-refractivity contribution in [1.29, 1.82) is 0 Å². The molecule has 0 aromatic heterocycles. The number of hydrogen-bond donors (Lipinski definition) is 2. The number of hydrogen-bond acceptors (Lipinski definition) is 5. The molecule has 5 nitrogen and oxygen atoms in total. The Kier molecular flexibility index (Phi) is 15.9. The van der Waals surface area contributed by atoms with E-state index in [-0.39, 0.29) is 17.1 Å². The molecule has 0 amide bonds. The van der Waals surface area contributed by atoms with Crippen LogP contribution >= 0.6 is 0 Å².